The number of rotatable bonds is 1. The first-order valence-corrected chi connectivity index (χ1v) is 6.29. The summed E-state index contributed by atoms with van der Waals surface area (Å²) >= 11 is 1.59. The van der Waals surface area contributed by atoms with Crippen LogP contribution in [0.4, 0.5) is 0 Å². The Balaban J connectivity index is 2.67. The van der Waals surface area contributed by atoms with Gasteiger partial charge in [-0.05, 0) is 0 Å². The van der Waals surface area contributed by atoms with Crippen LogP contribution >= 0.6 is 19.5 Å². The summed E-state index contributed by atoms with van der Waals surface area (Å²) in [5.74, 6) is 0.965. The lowest BCUT2D eigenvalue weighted by atomic mass is 10.7. The first-order chi connectivity index (χ1) is 4.46. The second-order valence-corrected chi connectivity index (χ2v) is 7.21. The zero-order chi connectivity index (χ0) is 7.83. The fourth-order valence-corrected chi connectivity index (χ4v) is 3.33. The van der Waals surface area contributed by atoms with Gasteiger partial charge in [0.25, 0.3) is 7.72 Å². The van der Waals surface area contributed by atoms with Crippen molar-refractivity contribution in [2.24, 2.45) is 0 Å². The largest absolute Gasteiger partial charge is 0.294 e. The molecule has 1 aliphatic heterocycles. The zero-order valence-electron chi connectivity index (χ0n) is 6.16. The Morgan fingerprint density at radius 3 is 2.40 bits per heavy atom. The molecule has 60 valence electrons. The molecule has 1 fully saturated rings. The third kappa shape index (κ3) is 1.46. The Morgan fingerprint density at radius 1 is 1.60 bits per heavy atom. The smallest absolute Gasteiger partial charge is 0.266 e. The van der Waals surface area contributed by atoms with Crippen LogP contribution in [0, 0.1) is 0 Å². The molecule has 1 rings (SSSR count). The van der Waals surface area contributed by atoms with Gasteiger partial charge in [-0.2, -0.15) is 0 Å². The van der Waals surface area contributed by atoms with E-state index in [4.69, 9.17) is 0 Å². The molecule has 1 saturated heterocycles. The average Bonchev–Trinajstić information content (AvgIpc) is 2.13. The van der Waals surface area contributed by atoms with E-state index in [0.717, 1.165) is 12.3 Å². The van der Waals surface area contributed by atoms with E-state index in [1.165, 1.54) is 6.66 Å². The van der Waals surface area contributed by atoms with Gasteiger partial charge >= 0.3 is 0 Å². The van der Waals surface area contributed by atoms with E-state index < -0.39 is 12.3 Å². The van der Waals surface area contributed by atoms with Crippen LogP contribution in [-0.2, 0) is 0 Å². The molecule has 5 heteroatoms. The van der Waals surface area contributed by atoms with Crippen LogP contribution in [0.5, 0.6) is 0 Å². The molecule has 1 heterocycles. The highest BCUT2D eigenvalue weighted by Crippen LogP contribution is 2.63. The molecule has 0 bridgehead atoms. The van der Waals surface area contributed by atoms with Gasteiger partial charge in [0.1, 0.15) is 6.66 Å². The molecule has 1 atom stereocenters. The van der Waals surface area contributed by atoms with Crippen LogP contribution in [0.3, 0.4) is 0 Å². The van der Waals surface area contributed by atoms with E-state index in [2.05, 4.69) is 5.32 Å². The van der Waals surface area contributed by atoms with Crippen molar-refractivity contribution in [1.82, 2.24) is 5.32 Å². The van der Waals surface area contributed by atoms with Gasteiger partial charge < -0.3 is 0 Å². The van der Waals surface area contributed by atoms with Gasteiger partial charge in [0.2, 0.25) is 4.61 Å². The Bertz CT molecular complexity index is 130. The molecule has 3 nitrogen and oxygen atoms in total. The Morgan fingerprint density at radius 2 is 2.20 bits per heavy atom. The molecular formula is C5H13NO2PS+. The zero-order valence-corrected chi connectivity index (χ0v) is 7.88. The van der Waals surface area contributed by atoms with Crippen molar-refractivity contribution in [2.45, 2.75) is 11.5 Å². The lowest BCUT2D eigenvalue weighted by molar-refractivity contribution is 0.423. The molecule has 1 unspecified atom stereocenters. The molecule has 1 aliphatic rings. The van der Waals surface area contributed by atoms with E-state index in [1.54, 1.807) is 11.8 Å². The van der Waals surface area contributed by atoms with Crippen LogP contribution in [0.15, 0.2) is 0 Å². The maximum absolute atomic E-state index is 9.36. The van der Waals surface area contributed by atoms with Crippen molar-refractivity contribution in [3.05, 3.63) is 0 Å². The SMILES string of the molecule is CC1([P+](C)(O)O)NCCS1. The summed E-state index contributed by atoms with van der Waals surface area (Å²) in [5, 5.41) is 3.09. The summed E-state index contributed by atoms with van der Waals surface area (Å²) in [7, 11) is -2.72. The minimum Gasteiger partial charge on any atom is -0.266 e. The molecule has 0 saturated carbocycles. The number of nitrogens with one attached hydrogen (secondary N) is 1. The van der Waals surface area contributed by atoms with E-state index in [0.29, 0.717) is 0 Å². The summed E-state index contributed by atoms with van der Waals surface area (Å²) in [6.07, 6.45) is 0. The highest BCUT2D eigenvalue weighted by atomic mass is 32.2. The summed E-state index contributed by atoms with van der Waals surface area (Å²) in [6, 6.07) is 0. The third-order valence-electron chi connectivity index (χ3n) is 1.75. The maximum Gasteiger partial charge on any atom is 0.294 e. The van der Waals surface area contributed by atoms with Gasteiger partial charge in [-0.25, -0.2) is 9.79 Å². The Kier molecular flexibility index (Phi) is 2.28. The normalized spacial score (nSPS) is 34.8. The van der Waals surface area contributed by atoms with Crippen LogP contribution in [-0.4, -0.2) is 33.4 Å². The minimum atomic E-state index is -2.72. The molecule has 0 aromatic carbocycles. The number of hydrogen-bond acceptors (Lipinski definition) is 4. The van der Waals surface area contributed by atoms with Crippen molar-refractivity contribution in [2.75, 3.05) is 19.0 Å². The quantitative estimate of drug-likeness (QED) is 0.516. The number of thioether (sulfide) groups is 1. The summed E-state index contributed by atoms with van der Waals surface area (Å²) in [4.78, 5) is 18.7. The van der Waals surface area contributed by atoms with Crippen LogP contribution in [0.2, 0.25) is 0 Å². The molecule has 0 aliphatic carbocycles. The highest BCUT2D eigenvalue weighted by molar-refractivity contribution is 8.07. The van der Waals surface area contributed by atoms with Crippen molar-refractivity contribution in [1.29, 1.82) is 0 Å². The standard InChI is InChI=1S/C5H13NO2PS/c1-5(9(2,7)8)6-3-4-10-5/h6-8H,3-4H2,1-2H3/q+1. The van der Waals surface area contributed by atoms with Crippen molar-refractivity contribution >= 4 is 19.5 Å². The molecule has 0 aromatic heterocycles. The molecule has 0 aromatic rings. The average molecular weight is 182 g/mol. The molecule has 0 amide bonds. The molecular weight excluding hydrogens is 169 g/mol. The first kappa shape index (κ1) is 8.75. The molecule has 0 radical (unpaired) electrons. The lowest BCUT2D eigenvalue weighted by Gasteiger charge is -2.24. The van der Waals surface area contributed by atoms with E-state index in [-0.39, 0.29) is 0 Å². The first-order valence-electron chi connectivity index (χ1n) is 3.17. The molecule has 10 heavy (non-hydrogen) atoms. The van der Waals surface area contributed by atoms with Crippen LogP contribution in [0.1, 0.15) is 6.92 Å². The van der Waals surface area contributed by atoms with Crippen molar-refractivity contribution < 1.29 is 9.79 Å². The fraction of sp³-hybridized carbons (Fsp3) is 1.00. The monoisotopic (exact) mass is 182 g/mol. The summed E-state index contributed by atoms with van der Waals surface area (Å²) < 4.78 is -0.479. The van der Waals surface area contributed by atoms with Crippen molar-refractivity contribution in [3.63, 3.8) is 0 Å². The fourth-order valence-electron chi connectivity index (χ4n) is 0.856. The summed E-state index contributed by atoms with van der Waals surface area (Å²) in [6.45, 7) is 4.23. The van der Waals surface area contributed by atoms with E-state index >= 15 is 0 Å². The Hall–Kier alpha value is 0.660. The lowest BCUT2D eigenvalue weighted by Crippen LogP contribution is -2.35. The molecule has 0 spiro atoms. The molecule has 3 N–H and O–H groups in total. The van der Waals surface area contributed by atoms with Gasteiger partial charge in [0.15, 0.2) is 0 Å². The van der Waals surface area contributed by atoms with Gasteiger partial charge in [0.05, 0.1) is 0 Å². The van der Waals surface area contributed by atoms with E-state index in [9.17, 15) is 9.79 Å². The van der Waals surface area contributed by atoms with Gasteiger partial charge in [-0.1, -0.05) is 11.8 Å². The van der Waals surface area contributed by atoms with E-state index in [1.807, 2.05) is 6.92 Å². The topological polar surface area (TPSA) is 52.5 Å². The van der Waals surface area contributed by atoms with Gasteiger partial charge in [-0.3, -0.25) is 5.32 Å². The highest BCUT2D eigenvalue weighted by Gasteiger charge is 2.53. The van der Waals surface area contributed by atoms with Crippen molar-refractivity contribution in [3.8, 4) is 0 Å². The second-order valence-electron chi connectivity index (χ2n) is 2.67. The van der Waals surface area contributed by atoms with Gasteiger partial charge in [0, 0.05) is 19.2 Å². The third-order valence-corrected chi connectivity index (χ3v) is 6.06. The second kappa shape index (κ2) is 2.61. The van der Waals surface area contributed by atoms with Crippen LogP contribution < -0.4 is 5.32 Å². The minimum absolute atomic E-state index is 0.479. The predicted molar refractivity (Wildman–Crippen MR) is 46.1 cm³/mol. The maximum atomic E-state index is 9.36. The number of hydrogen-bond donors (Lipinski definition) is 3. The van der Waals surface area contributed by atoms with Crippen LogP contribution in [0.25, 0.3) is 0 Å². The predicted octanol–water partition coefficient (Wildman–Crippen LogP) is 0.458. The Labute approximate surface area is 65.7 Å². The summed E-state index contributed by atoms with van der Waals surface area (Å²) in [5.41, 5.74) is 0. The van der Waals surface area contributed by atoms with Gasteiger partial charge in [-0.15, -0.1) is 0 Å².